The molecule has 1 aliphatic carbocycles. The van der Waals surface area contributed by atoms with E-state index in [0.717, 1.165) is 30.6 Å². The van der Waals surface area contributed by atoms with Crippen molar-refractivity contribution in [2.24, 2.45) is 0 Å². The third kappa shape index (κ3) is 4.30. The molecule has 0 radical (unpaired) electrons. The van der Waals surface area contributed by atoms with E-state index in [1.165, 1.54) is 11.1 Å². The molecule has 1 aliphatic rings. The second-order valence-electron chi connectivity index (χ2n) is 7.22. The lowest BCUT2D eigenvalue weighted by Gasteiger charge is -2.25. The van der Waals surface area contributed by atoms with Crippen molar-refractivity contribution >= 4 is 5.97 Å². The molecule has 1 unspecified atom stereocenters. The van der Waals surface area contributed by atoms with Gasteiger partial charge in [0.15, 0.2) is 0 Å². The Morgan fingerprint density at radius 1 is 1.13 bits per heavy atom. The zero-order valence-electron chi connectivity index (χ0n) is 17.2. The van der Waals surface area contributed by atoms with Crippen LogP contribution in [0.5, 0.6) is 11.6 Å². The largest absolute Gasteiger partial charge is 0.497 e. The monoisotopic (exact) mass is 407 g/mol. The second kappa shape index (κ2) is 8.98. The Morgan fingerprint density at radius 3 is 2.63 bits per heavy atom. The Hall–Kier alpha value is -3.35. The minimum absolute atomic E-state index is 0.0545. The number of carbonyl (C=O) groups excluding carboxylic acids is 1. The molecular formula is C23H25N3O4. The fourth-order valence-electron chi connectivity index (χ4n) is 3.68. The SMILES string of the molecule is CCOC(=O)c1nnn(Cc2ccc(OC)cc2)c1OC1CCc2ccccc2C1. The standard InChI is InChI=1S/C23H25N3O4/c1-3-29-23(27)21-22(30-20-13-10-17-6-4-5-7-18(17)14-20)26(25-24-21)15-16-8-11-19(28-2)12-9-16/h4-9,11-12,20H,3,10,13-15H2,1-2H3. The first-order valence-corrected chi connectivity index (χ1v) is 10.1. The second-order valence-corrected chi connectivity index (χ2v) is 7.22. The van der Waals surface area contributed by atoms with E-state index in [9.17, 15) is 4.79 Å². The van der Waals surface area contributed by atoms with Crippen LogP contribution in [0.3, 0.4) is 0 Å². The van der Waals surface area contributed by atoms with Crippen LogP contribution in [0.4, 0.5) is 0 Å². The van der Waals surface area contributed by atoms with Crippen molar-refractivity contribution in [3.8, 4) is 11.6 Å². The van der Waals surface area contributed by atoms with Crippen LogP contribution in [0.2, 0.25) is 0 Å². The van der Waals surface area contributed by atoms with Crippen molar-refractivity contribution in [3.63, 3.8) is 0 Å². The van der Waals surface area contributed by atoms with Gasteiger partial charge in [-0.15, -0.1) is 5.10 Å². The molecular weight excluding hydrogens is 382 g/mol. The lowest BCUT2D eigenvalue weighted by molar-refractivity contribution is 0.0509. The number of nitrogens with zero attached hydrogens (tertiary/aromatic N) is 3. The number of methoxy groups -OCH3 is 1. The molecule has 2 aromatic carbocycles. The Balaban J connectivity index is 1.59. The van der Waals surface area contributed by atoms with Crippen LogP contribution in [0, 0.1) is 0 Å². The Labute approximate surface area is 175 Å². The van der Waals surface area contributed by atoms with Crippen molar-refractivity contribution < 1.29 is 19.0 Å². The first-order chi connectivity index (χ1) is 14.7. The highest BCUT2D eigenvalue weighted by Crippen LogP contribution is 2.27. The number of benzene rings is 2. The highest BCUT2D eigenvalue weighted by Gasteiger charge is 2.27. The fraction of sp³-hybridized carbons (Fsp3) is 0.348. The van der Waals surface area contributed by atoms with Crippen molar-refractivity contribution in [3.05, 3.63) is 70.9 Å². The topological polar surface area (TPSA) is 75.5 Å². The molecule has 0 amide bonds. The molecule has 7 nitrogen and oxygen atoms in total. The highest BCUT2D eigenvalue weighted by molar-refractivity contribution is 5.89. The minimum Gasteiger partial charge on any atom is -0.497 e. The van der Waals surface area contributed by atoms with E-state index in [1.807, 2.05) is 30.3 Å². The van der Waals surface area contributed by atoms with E-state index < -0.39 is 5.97 Å². The maximum absolute atomic E-state index is 12.4. The van der Waals surface area contributed by atoms with E-state index in [1.54, 1.807) is 18.7 Å². The van der Waals surface area contributed by atoms with Crippen LogP contribution in [0.1, 0.15) is 40.5 Å². The van der Waals surface area contributed by atoms with Gasteiger partial charge in [0.25, 0.3) is 0 Å². The van der Waals surface area contributed by atoms with E-state index in [0.29, 0.717) is 12.4 Å². The van der Waals surface area contributed by atoms with Crippen LogP contribution in [-0.4, -0.2) is 40.8 Å². The highest BCUT2D eigenvalue weighted by atomic mass is 16.5. The van der Waals surface area contributed by atoms with Crippen LogP contribution in [0.15, 0.2) is 48.5 Å². The summed E-state index contributed by atoms with van der Waals surface area (Å²) in [5, 5.41) is 8.24. The smallest absolute Gasteiger partial charge is 0.364 e. The molecule has 30 heavy (non-hydrogen) atoms. The molecule has 0 bridgehead atoms. The minimum atomic E-state index is -0.523. The summed E-state index contributed by atoms with van der Waals surface area (Å²) < 4.78 is 18.3. The van der Waals surface area contributed by atoms with Gasteiger partial charge in [0, 0.05) is 6.42 Å². The molecule has 1 aromatic heterocycles. The van der Waals surface area contributed by atoms with E-state index in [4.69, 9.17) is 14.2 Å². The summed E-state index contributed by atoms with van der Waals surface area (Å²) in [6.45, 7) is 2.45. The number of ether oxygens (including phenoxy) is 3. The molecule has 0 aliphatic heterocycles. The molecule has 3 aromatic rings. The maximum Gasteiger partial charge on any atom is 0.364 e. The summed E-state index contributed by atoms with van der Waals surface area (Å²) in [4.78, 5) is 12.4. The van der Waals surface area contributed by atoms with Gasteiger partial charge in [-0.3, -0.25) is 0 Å². The molecule has 4 rings (SSSR count). The lowest BCUT2D eigenvalue weighted by Crippen LogP contribution is -2.27. The number of carbonyl (C=O) groups is 1. The maximum atomic E-state index is 12.4. The van der Waals surface area contributed by atoms with Crippen LogP contribution < -0.4 is 9.47 Å². The van der Waals surface area contributed by atoms with E-state index >= 15 is 0 Å². The molecule has 0 N–H and O–H groups in total. The summed E-state index contributed by atoms with van der Waals surface area (Å²) in [7, 11) is 1.63. The average molecular weight is 407 g/mol. The summed E-state index contributed by atoms with van der Waals surface area (Å²) in [5.74, 6) is 0.611. The van der Waals surface area contributed by atoms with Gasteiger partial charge < -0.3 is 14.2 Å². The zero-order valence-corrected chi connectivity index (χ0v) is 17.2. The third-order valence-corrected chi connectivity index (χ3v) is 5.23. The Bertz CT molecular complexity index is 1010. The van der Waals surface area contributed by atoms with Crippen molar-refractivity contribution in [2.75, 3.05) is 13.7 Å². The summed E-state index contributed by atoms with van der Waals surface area (Å²) in [5.41, 5.74) is 3.74. The van der Waals surface area contributed by atoms with Gasteiger partial charge in [0.05, 0.1) is 20.3 Å². The van der Waals surface area contributed by atoms with Crippen LogP contribution >= 0.6 is 0 Å². The van der Waals surface area contributed by atoms with E-state index in [-0.39, 0.29) is 18.4 Å². The molecule has 0 saturated heterocycles. The predicted octanol–water partition coefficient (Wildman–Crippen LogP) is 3.45. The van der Waals surface area contributed by atoms with Crippen LogP contribution in [-0.2, 0) is 24.1 Å². The normalized spacial score (nSPS) is 15.3. The van der Waals surface area contributed by atoms with Crippen molar-refractivity contribution in [1.29, 1.82) is 0 Å². The summed E-state index contributed by atoms with van der Waals surface area (Å²) >= 11 is 0. The Kier molecular flexibility index (Phi) is 5.97. The fourth-order valence-corrected chi connectivity index (χ4v) is 3.68. The van der Waals surface area contributed by atoms with Crippen molar-refractivity contribution in [2.45, 2.75) is 38.8 Å². The van der Waals surface area contributed by atoms with Crippen molar-refractivity contribution in [1.82, 2.24) is 15.0 Å². The molecule has 1 atom stereocenters. The number of hydrogen-bond donors (Lipinski definition) is 0. The Morgan fingerprint density at radius 2 is 1.90 bits per heavy atom. The lowest BCUT2D eigenvalue weighted by atomic mass is 9.90. The first-order valence-electron chi connectivity index (χ1n) is 10.1. The molecule has 0 fully saturated rings. The van der Waals surface area contributed by atoms with Gasteiger partial charge in [-0.1, -0.05) is 41.6 Å². The molecule has 0 spiro atoms. The first kappa shape index (κ1) is 19.9. The molecule has 156 valence electrons. The predicted molar refractivity (Wildman–Crippen MR) is 111 cm³/mol. The number of hydrogen-bond acceptors (Lipinski definition) is 6. The number of aromatic nitrogens is 3. The summed E-state index contributed by atoms with van der Waals surface area (Å²) in [6.07, 6.45) is 2.54. The van der Waals surface area contributed by atoms with Gasteiger partial charge in [0.1, 0.15) is 11.9 Å². The third-order valence-electron chi connectivity index (χ3n) is 5.23. The van der Waals surface area contributed by atoms with Gasteiger partial charge in [-0.05, 0) is 48.6 Å². The number of rotatable bonds is 7. The number of aryl methyl sites for hydroxylation is 1. The molecule has 7 heteroatoms. The van der Waals surface area contributed by atoms with Gasteiger partial charge in [-0.25, -0.2) is 9.48 Å². The van der Waals surface area contributed by atoms with E-state index in [2.05, 4.69) is 28.5 Å². The van der Waals surface area contributed by atoms with Gasteiger partial charge in [-0.2, -0.15) is 0 Å². The van der Waals surface area contributed by atoms with Gasteiger partial charge >= 0.3 is 5.97 Å². The quantitative estimate of drug-likeness (QED) is 0.559. The average Bonchev–Trinajstić information content (AvgIpc) is 3.16. The number of esters is 1. The van der Waals surface area contributed by atoms with Crippen LogP contribution in [0.25, 0.3) is 0 Å². The summed E-state index contributed by atoms with van der Waals surface area (Å²) in [6, 6.07) is 16.1. The molecule has 0 saturated carbocycles. The zero-order chi connectivity index (χ0) is 20.9. The van der Waals surface area contributed by atoms with Gasteiger partial charge in [0.2, 0.25) is 11.6 Å². The molecule has 1 heterocycles. The number of fused-ring (bicyclic) bond motifs is 1.